The minimum Gasteiger partial charge on any atom is -0.344 e. The van der Waals surface area contributed by atoms with Gasteiger partial charge in [-0.2, -0.15) is 0 Å². The van der Waals surface area contributed by atoms with Crippen molar-refractivity contribution in [3.8, 4) is 0 Å². The van der Waals surface area contributed by atoms with Crippen LogP contribution < -0.4 is 0 Å². The van der Waals surface area contributed by atoms with Gasteiger partial charge in [0.05, 0.1) is 0 Å². The van der Waals surface area contributed by atoms with Crippen molar-refractivity contribution in [3.63, 3.8) is 0 Å². The minimum atomic E-state index is -0.757. The van der Waals surface area contributed by atoms with Crippen molar-refractivity contribution >= 4 is 12.3 Å². The van der Waals surface area contributed by atoms with E-state index in [1.54, 1.807) is 32.8 Å². The molecule has 0 aromatic heterocycles. The Hall–Kier alpha value is -1.06. The molecule has 4 nitrogen and oxygen atoms in total. The minimum absolute atomic E-state index is 0.0513. The number of carbonyl (C=O) groups excluding carboxylic acids is 2. The lowest BCUT2D eigenvalue weighted by atomic mass is 10.0. The van der Waals surface area contributed by atoms with Crippen LogP contribution in [0.25, 0.3) is 0 Å². The van der Waals surface area contributed by atoms with Crippen molar-refractivity contribution in [1.82, 2.24) is 9.80 Å². The summed E-state index contributed by atoms with van der Waals surface area (Å²) in [4.78, 5) is 25.2. The van der Waals surface area contributed by atoms with E-state index in [4.69, 9.17) is 0 Å². The van der Waals surface area contributed by atoms with Crippen molar-refractivity contribution in [1.29, 1.82) is 0 Å². The molecular weight excluding hydrogens is 168 g/mol. The van der Waals surface area contributed by atoms with Crippen LogP contribution in [0.5, 0.6) is 0 Å². The summed E-state index contributed by atoms with van der Waals surface area (Å²) in [6, 6.07) is 0. The number of rotatable bonds is 4. The van der Waals surface area contributed by atoms with Crippen LogP contribution in [-0.2, 0) is 9.59 Å². The van der Waals surface area contributed by atoms with E-state index in [-0.39, 0.29) is 5.91 Å². The summed E-state index contributed by atoms with van der Waals surface area (Å²) in [5.74, 6) is -0.0513. The third kappa shape index (κ3) is 2.44. The Morgan fingerprint density at radius 2 is 1.85 bits per heavy atom. The van der Waals surface area contributed by atoms with E-state index in [1.807, 2.05) is 6.92 Å². The van der Waals surface area contributed by atoms with Crippen LogP contribution in [0.3, 0.4) is 0 Å². The predicted molar refractivity (Wildman–Crippen MR) is 51.2 cm³/mol. The van der Waals surface area contributed by atoms with Crippen LogP contribution in [0.2, 0.25) is 0 Å². The predicted octanol–water partition coefficient (Wildman–Crippen LogP) is 0.331. The third-order valence-electron chi connectivity index (χ3n) is 2.38. The Morgan fingerprint density at radius 1 is 1.38 bits per heavy atom. The fraction of sp³-hybridized carbons (Fsp3) is 0.778. The standard InChI is InChI=1S/C9H18N2O2/c1-6-10(4)8(13)9(2,3)11(5)7-12/h7H,6H2,1-5H3. The van der Waals surface area contributed by atoms with Crippen LogP contribution in [0.4, 0.5) is 0 Å². The molecule has 0 aromatic rings. The molecule has 0 atom stereocenters. The van der Waals surface area contributed by atoms with Gasteiger partial charge in [0.1, 0.15) is 5.54 Å². The van der Waals surface area contributed by atoms with Crippen molar-refractivity contribution in [2.45, 2.75) is 26.3 Å². The average Bonchev–Trinajstić information content (AvgIpc) is 2.13. The highest BCUT2D eigenvalue weighted by molar-refractivity contribution is 5.87. The van der Waals surface area contributed by atoms with E-state index in [1.165, 1.54) is 4.90 Å². The summed E-state index contributed by atoms with van der Waals surface area (Å²) < 4.78 is 0. The summed E-state index contributed by atoms with van der Waals surface area (Å²) in [5.41, 5.74) is -0.757. The Morgan fingerprint density at radius 3 is 2.15 bits per heavy atom. The first kappa shape index (κ1) is 11.9. The fourth-order valence-electron chi connectivity index (χ4n) is 0.893. The summed E-state index contributed by atoms with van der Waals surface area (Å²) in [7, 11) is 3.33. The Kier molecular flexibility index (Phi) is 3.91. The molecule has 0 radical (unpaired) electrons. The smallest absolute Gasteiger partial charge is 0.247 e. The number of amides is 2. The molecule has 0 fully saturated rings. The van der Waals surface area contributed by atoms with Crippen molar-refractivity contribution in [3.05, 3.63) is 0 Å². The van der Waals surface area contributed by atoms with Gasteiger partial charge in [0.25, 0.3) is 0 Å². The van der Waals surface area contributed by atoms with Gasteiger partial charge in [0, 0.05) is 20.6 Å². The molecule has 0 N–H and O–H groups in total. The number of likely N-dealkylation sites (N-methyl/N-ethyl adjacent to an activating group) is 2. The quantitative estimate of drug-likeness (QED) is 0.594. The number of nitrogens with zero attached hydrogens (tertiary/aromatic N) is 2. The monoisotopic (exact) mass is 186 g/mol. The number of carbonyl (C=O) groups is 2. The van der Waals surface area contributed by atoms with Crippen molar-refractivity contribution in [2.24, 2.45) is 0 Å². The van der Waals surface area contributed by atoms with Crippen molar-refractivity contribution < 1.29 is 9.59 Å². The molecule has 0 aromatic carbocycles. The van der Waals surface area contributed by atoms with Gasteiger partial charge in [-0.15, -0.1) is 0 Å². The molecule has 0 unspecified atom stereocenters. The first-order chi connectivity index (χ1) is 5.87. The van der Waals surface area contributed by atoms with E-state index < -0.39 is 5.54 Å². The second kappa shape index (κ2) is 4.25. The van der Waals surface area contributed by atoms with E-state index in [0.29, 0.717) is 13.0 Å². The van der Waals surface area contributed by atoms with E-state index in [9.17, 15) is 9.59 Å². The average molecular weight is 186 g/mol. The number of hydrogen-bond donors (Lipinski definition) is 0. The zero-order valence-electron chi connectivity index (χ0n) is 9.00. The SMILES string of the molecule is CCN(C)C(=O)C(C)(C)N(C)C=O. The topological polar surface area (TPSA) is 40.6 Å². The van der Waals surface area contributed by atoms with E-state index in [0.717, 1.165) is 0 Å². The van der Waals surface area contributed by atoms with Gasteiger partial charge in [-0.3, -0.25) is 9.59 Å². The van der Waals surface area contributed by atoms with Gasteiger partial charge in [-0.05, 0) is 20.8 Å². The van der Waals surface area contributed by atoms with Gasteiger partial charge in [-0.25, -0.2) is 0 Å². The normalized spacial score (nSPS) is 10.8. The lowest BCUT2D eigenvalue weighted by Gasteiger charge is -2.34. The molecule has 0 spiro atoms. The molecule has 0 aliphatic carbocycles. The molecular formula is C9H18N2O2. The molecule has 0 saturated carbocycles. The third-order valence-corrected chi connectivity index (χ3v) is 2.38. The second-order valence-corrected chi connectivity index (χ2v) is 3.59. The zero-order valence-corrected chi connectivity index (χ0v) is 9.00. The molecule has 0 heterocycles. The maximum absolute atomic E-state index is 11.7. The van der Waals surface area contributed by atoms with Crippen LogP contribution in [0, 0.1) is 0 Å². The summed E-state index contributed by atoms with van der Waals surface area (Å²) >= 11 is 0. The Balaban J connectivity index is 4.62. The summed E-state index contributed by atoms with van der Waals surface area (Å²) in [6.07, 6.45) is 0.668. The van der Waals surface area contributed by atoms with Gasteiger partial charge >= 0.3 is 0 Å². The molecule has 2 amide bonds. The largest absolute Gasteiger partial charge is 0.344 e. The zero-order chi connectivity index (χ0) is 10.6. The highest BCUT2D eigenvalue weighted by Crippen LogP contribution is 2.13. The highest BCUT2D eigenvalue weighted by Gasteiger charge is 2.33. The first-order valence-electron chi connectivity index (χ1n) is 4.31. The Bertz CT molecular complexity index is 202. The number of hydrogen-bond acceptors (Lipinski definition) is 2. The van der Waals surface area contributed by atoms with Crippen LogP contribution >= 0.6 is 0 Å². The molecule has 0 aliphatic rings. The highest BCUT2D eigenvalue weighted by atomic mass is 16.2. The maximum atomic E-state index is 11.7. The van der Waals surface area contributed by atoms with Gasteiger partial charge in [0.15, 0.2) is 0 Å². The molecule has 0 saturated heterocycles. The van der Waals surface area contributed by atoms with Crippen LogP contribution in [0.15, 0.2) is 0 Å². The van der Waals surface area contributed by atoms with Gasteiger partial charge in [0.2, 0.25) is 12.3 Å². The van der Waals surface area contributed by atoms with Crippen molar-refractivity contribution in [2.75, 3.05) is 20.6 Å². The molecule has 4 heteroatoms. The van der Waals surface area contributed by atoms with Gasteiger partial charge in [-0.1, -0.05) is 0 Å². The summed E-state index contributed by atoms with van der Waals surface area (Å²) in [5, 5.41) is 0. The first-order valence-corrected chi connectivity index (χ1v) is 4.31. The maximum Gasteiger partial charge on any atom is 0.247 e. The fourth-order valence-corrected chi connectivity index (χ4v) is 0.893. The molecule has 0 rings (SSSR count). The summed E-state index contributed by atoms with van der Waals surface area (Å²) in [6.45, 7) is 6.01. The molecule has 0 bridgehead atoms. The molecule has 0 aliphatic heterocycles. The Labute approximate surface area is 79.5 Å². The van der Waals surface area contributed by atoms with Crippen LogP contribution in [-0.4, -0.2) is 48.3 Å². The lowest BCUT2D eigenvalue weighted by molar-refractivity contribution is -0.144. The van der Waals surface area contributed by atoms with E-state index in [2.05, 4.69) is 0 Å². The molecule has 13 heavy (non-hydrogen) atoms. The van der Waals surface area contributed by atoms with Crippen LogP contribution in [0.1, 0.15) is 20.8 Å². The lowest BCUT2D eigenvalue weighted by Crippen LogP contribution is -2.53. The molecule has 76 valence electrons. The second-order valence-electron chi connectivity index (χ2n) is 3.59. The van der Waals surface area contributed by atoms with E-state index >= 15 is 0 Å². The van der Waals surface area contributed by atoms with Gasteiger partial charge < -0.3 is 9.80 Å².